The van der Waals surface area contributed by atoms with Crippen molar-refractivity contribution >= 4 is 23.4 Å². The van der Waals surface area contributed by atoms with Crippen LogP contribution in [-0.2, 0) is 24.3 Å². The number of unbranched alkanes of at least 4 members (excludes halogenated alkanes) is 2. The van der Waals surface area contributed by atoms with Gasteiger partial charge in [-0.3, -0.25) is 14.4 Å². The van der Waals surface area contributed by atoms with E-state index < -0.39 is 6.04 Å². The number of benzene rings is 3. The molecule has 1 N–H and O–H groups in total. The van der Waals surface area contributed by atoms with Gasteiger partial charge in [-0.15, -0.1) is 0 Å². The van der Waals surface area contributed by atoms with Crippen LogP contribution in [0.2, 0.25) is 0 Å². The maximum Gasteiger partial charge on any atom is 0.274 e. The zero-order chi connectivity index (χ0) is 35.9. The molecule has 6 rings (SSSR count). The molecule has 1 aromatic heterocycles. The van der Waals surface area contributed by atoms with Gasteiger partial charge in [0.25, 0.3) is 11.8 Å². The van der Waals surface area contributed by atoms with Crippen LogP contribution in [0, 0.1) is 6.92 Å². The number of carbonyl (C=O) groups is 3. The zero-order valence-corrected chi connectivity index (χ0v) is 30.1. The summed E-state index contributed by atoms with van der Waals surface area (Å²) in [5.41, 5.74) is 6.07. The van der Waals surface area contributed by atoms with E-state index in [1.165, 1.54) is 0 Å². The second-order valence-electron chi connectivity index (χ2n) is 13.7. The third kappa shape index (κ3) is 8.01. The van der Waals surface area contributed by atoms with Crippen molar-refractivity contribution in [3.63, 3.8) is 0 Å². The zero-order valence-electron chi connectivity index (χ0n) is 30.1. The molecule has 3 amide bonds. The van der Waals surface area contributed by atoms with Crippen LogP contribution >= 0.6 is 0 Å². The standard InChI is InChI=1S/C41H50N6O4/c1-4-6-19-43(20-7-5-2)41(51)37-23-30(3)47(42-37)38-18-17-34(44-21-22-45(39(49)28-44)26-31-13-9-8-10-14-31)25-36(38)40(50)46-27-33-16-12-11-15-32(33)24-35(46)29-48/h8-18,23,25,35,48H,4-7,19-22,24,26-29H2,1-3H3/t35-/m0/s1. The molecule has 1 fully saturated rings. The summed E-state index contributed by atoms with van der Waals surface area (Å²) >= 11 is 0. The maximum absolute atomic E-state index is 14.7. The van der Waals surface area contributed by atoms with Gasteiger partial charge in [-0.1, -0.05) is 81.3 Å². The summed E-state index contributed by atoms with van der Waals surface area (Å²) in [6.07, 6.45) is 4.37. The number of anilines is 1. The Morgan fingerprint density at radius 3 is 2.27 bits per heavy atom. The Kier molecular flexibility index (Phi) is 11.5. The Morgan fingerprint density at radius 1 is 0.882 bits per heavy atom. The van der Waals surface area contributed by atoms with E-state index in [2.05, 4.69) is 19.9 Å². The van der Waals surface area contributed by atoms with Crippen molar-refractivity contribution in [2.75, 3.05) is 44.2 Å². The van der Waals surface area contributed by atoms with Crippen molar-refractivity contribution in [1.82, 2.24) is 24.5 Å². The highest BCUT2D eigenvalue weighted by atomic mass is 16.3. The van der Waals surface area contributed by atoms with E-state index in [1.807, 2.05) is 88.4 Å². The number of fused-ring (bicyclic) bond motifs is 1. The first kappa shape index (κ1) is 35.9. The second kappa shape index (κ2) is 16.4. The average Bonchev–Trinajstić information content (AvgIpc) is 3.55. The average molecular weight is 691 g/mol. The van der Waals surface area contributed by atoms with Crippen LogP contribution in [0.1, 0.15) is 82.8 Å². The fourth-order valence-corrected chi connectivity index (χ4v) is 7.12. The van der Waals surface area contributed by atoms with E-state index in [0.717, 1.165) is 53.8 Å². The lowest BCUT2D eigenvalue weighted by Crippen LogP contribution is -2.50. The van der Waals surface area contributed by atoms with E-state index in [1.54, 1.807) is 15.6 Å². The number of aromatic nitrogens is 2. The summed E-state index contributed by atoms with van der Waals surface area (Å²) in [7, 11) is 0. The number of aliphatic hydroxyl groups excluding tert-OH is 1. The number of rotatable bonds is 13. The molecule has 0 saturated carbocycles. The molecule has 0 bridgehead atoms. The summed E-state index contributed by atoms with van der Waals surface area (Å²) < 4.78 is 1.69. The molecule has 10 nitrogen and oxygen atoms in total. The van der Waals surface area contributed by atoms with Crippen molar-refractivity contribution in [3.05, 3.63) is 113 Å². The molecule has 268 valence electrons. The van der Waals surface area contributed by atoms with Gasteiger partial charge in [-0.05, 0) is 67.1 Å². The first-order valence-corrected chi connectivity index (χ1v) is 18.4. The normalized spacial score (nSPS) is 16.0. The number of hydrogen-bond donors (Lipinski definition) is 1. The molecule has 3 aromatic carbocycles. The fourth-order valence-electron chi connectivity index (χ4n) is 7.12. The van der Waals surface area contributed by atoms with E-state index >= 15 is 0 Å². The maximum atomic E-state index is 14.7. The minimum atomic E-state index is -0.395. The van der Waals surface area contributed by atoms with E-state index in [9.17, 15) is 19.5 Å². The Morgan fingerprint density at radius 2 is 1.59 bits per heavy atom. The van der Waals surface area contributed by atoms with Crippen molar-refractivity contribution in [1.29, 1.82) is 0 Å². The van der Waals surface area contributed by atoms with Gasteiger partial charge in [0, 0.05) is 50.6 Å². The van der Waals surface area contributed by atoms with Crippen LogP contribution in [-0.4, -0.2) is 92.7 Å². The number of hydrogen-bond acceptors (Lipinski definition) is 6. The van der Waals surface area contributed by atoms with Crippen molar-refractivity contribution in [3.8, 4) is 5.69 Å². The van der Waals surface area contributed by atoms with Gasteiger partial charge in [-0.2, -0.15) is 5.10 Å². The number of nitrogens with zero attached hydrogens (tertiary/aromatic N) is 6. The Bertz CT molecular complexity index is 1830. The van der Waals surface area contributed by atoms with Crippen molar-refractivity contribution in [2.24, 2.45) is 0 Å². The lowest BCUT2D eigenvalue weighted by atomic mass is 9.93. The number of piperazine rings is 1. The highest BCUT2D eigenvalue weighted by Gasteiger charge is 2.33. The summed E-state index contributed by atoms with van der Waals surface area (Å²) in [4.78, 5) is 49.4. The Labute approximate surface area is 301 Å². The quantitative estimate of drug-likeness (QED) is 0.195. The third-order valence-electron chi connectivity index (χ3n) is 10.1. The minimum Gasteiger partial charge on any atom is -0.394 e. The summed E-state index contributed by atoms with van der Waals surface area (Å²) in [5.74, 6) is -0.315. The molecule has 3 heterocycles. The van der Waals surface area contributed by atoms with Crippen molar-refractivity contribution < 1.29 is 19.5 Å². The molecular weight excluding hydrogens is 640 g/mol. The van der Waals surface area contributed by atoms with Gasteiger partial charge in [0.1, 0.15) is 0 Å². The molecule has 2 aliphatic rings. The summed E-state index contributed by atoms with van der Waals surface area (Å²) in [6.45, 7) is 9.61. The van der Waals surface area contributed by atoms with E-state index in [4.69, 9.17) is 5.10 Å². The number of amides is 3. The van der Waals surface area contributed by atoms with Gasteiger partial charge < -0.3 is 24.7 Å². The molecule has 0 radical (unpaired) electrons. The fraction of sp³-hybridized carbons (Fsp3) is 0.415. The number of carbonyl (C=O) groups excluding carboxylic acids is 3. The van der Waals surface area contributed by atoms with E-state index in [0.29, 0.717) is 62.6 Å². The Hall–Kier alpha value is -4.96. The molecule has 1 saturated heterocycles. The smallest absolute Gasteiger partial charge is 0.274 e. The molecular formula is C41H50N6O4. The summed E-state index contributed by atoms with van der Waals surface area (Å²) in [5, 5.41) is 15.3. The molecule has 0 aliphatic carbocycles. The van der Waals surface area contributed by atoms with Crippen molar-refractivity contribution in [2.45, 2.75) is 72.0 Å². The third-order valence-corrected chi connectivity index (χ3v) is 10.1. The number of aryl methyl sites for hydroxylation is 1. The molecule has 10 heteroatoms. The van der Waals surface area contributed by atoms with Crippen LogP contribution in [0.3, 0.4) is 0 Å². The van der Waals surface area contributed by atoms with Crippen LogP contribution in [0.25, 0.3) is 5.69 Å². The largest absolute Gasteiger partial charge is 0.394 e. The van der Waals surface area contributed by atoms with Crippen LogP contribution in [0.5, 0.6) is 0 Å². The van der Waals surface area contributed by atoms with Gasteiger partial charge >= 0.3 is 0 Å². The van der Waals surface area contributed by atoms with Gasteiger partial charge in [0.2, 0.25) is 5.91 Å². The second-order valence-corrected chi connectivity index (χ2v) is 13.7. The lowest BCUT2D eigenvalue weighted by molar-refractivity contribution is -0.131. The SMILES string of the molecule is CCCCN(CCCC)C(=O)c1cc(C)n(-c2ccc(N3CCN(Cc4ccccc4)C(=O)C3)cc2C(=O)N2Cc3ccccc3C[C@H]2CO)n1. The van der Waals surface area contributed by atoms with Gasteiger partial charge in [0.15, 0.2) is 5.69 Å². The van der Waals surface area contributed by atoms with Gasteiger partial charge in [0.05, 0.1) is 30.4 Å². The van der Waals surface area contributed by atoms with Crippen LogP contribution in [0.15, 0.2) is 78.9 Å². The predicted molar refractivity (Wildman–Crippen MR) is 199 cm³/mol. The monoisotopic (exact) mass is 690 g/mol. The highest BCUT2D eigenvalue weighted by molar-refractivity contribution is 6.00. The molecule has 2 aliphatic heterocycles. The van der Waals surface area contributed by atoms with E-state index in [-0.39, 0.29) is 30.9 Å². The van der Waals surface area contributed by atoms with Crippen LogP contribution in [0.4, 0.5) is 5.69 Å². The Balaban J connectivity index is 1.34. The molecule has 1 atom stereocenters. The van der Waals surface area contributed by atoms with Crippen LogP contribution < -0.4 is 4.90 Å². The predicted octanol–water partition coefficient (Wildman–Crippen LogP) is 5.63. The topological polar surface area (TPSA) is 102 Å². The highest BCUT2D eigenvalue weighted by Crippen LogP contribution is 2.30. The lowest BCUT2D eigenvalue weighted by Gasteiger charge is -2.37. The number of aliphatic hydroxyl groups is 1. The molecule has 0 unspecified atom stereocenters. The first-order valence-electron chi connectivity index (χ1n) is 18.4. The molecule has 4 aromatic rings. The first-order chi connectivity index (χ1) is 24.8. The molecule has 51 heavy (non-hydrogen) atoms. The van der Waals surface area contributed by atoms with Gasteiger partial charge in [-0.25, -0.2) is 4.68 Å². The summed E-state index contributed by atoms with van der Waals surface area (Å²) in [6, 6.07) is 25.1. The minimum absolute atomic E-state index is 0.0248. The molecule has 0 spiro atoms.